The second-order valence-electron chi connectivity index (χ2n) is 6.36. The van der Waals surface area contributed by atoms with Crippen molar-refractivity contribution in [2.75, 3.05) is 17.9 Å². The molecule has 0 amide bonds. The lowest BCUT2D eigenvalue weighted by Crippen LogP contribution is -2.20. The van der Waals surface area contributed by atoms with Crippen molar-refractivity contribution in [2.45, 2.75) is 32.1 Å². The van der Waals surface area contributed by atoms with Crippen molar-refractivity contribution in [2.24, 2.45) is 5.92 Å². The summed E-state index contributed by atoms with van der Waals surface area (Å²) in [5.41, 5.74) is 2.33. The van der Waals surface area contributed by atoms with Crippen molar-refractivity contribution >= 4 is 15.7 Å². The van der Waals surface area contributed by atoms with Crippen LogP contribution in [0.5, 0.6) is 0 Å². The van der Waals surface area contributed by atoms with Crippen LogP contribution < -0.4 is 4.72 Å². The van der Waals surface area contributed by atoms with Crippen LogP contribution in [0.4, 0.5) is 5.69 Å². The van der Waals surface area contributed by atoms with Gasteiger partial charge in [0.05, 0.1) is 17.6 Å². The predicted molar refractivity (Wildman–Crippen MR) is 93.2 cm³/mol. The lowest BCUT2D eigenvalue weighted by Gasteiger charge is -2.21. The van der Waals surface area contributed by atoms with E-state index in [1.165, 1.54) is 0 Å². The molecule has 0 spiro atoms. The molecule has 1 saturated heterocycles. The van der Waals surface area contributed by atoms with E-state index < -0.39 is 10.0 Å². The molecule has 24 heavy (non-hydrogen) atoms. The minimum atomic E-state index is -3.45. The van der Waals surface area contributed by atoms with Crippen LogP contribution in [0, 0.1) is 12.8 Å². The van der Waals surface area contributed by atoms with Gasteiger partial charge in [-0.25, -0.2) is 8.42 Å². The van der Waals surface area contributed by atoms with Gasteiger partial charge in [0.2, 0.25) is 10.0 Å². The molecule has 0 radical (unpaired) electrons. The van der Waals surface area contributed by atoms with Gasteiger partial charge in [-0.2, -0.15) is 5.10 Å². The first-order valence-corrected chi connectivity index (χ1v) is 9.82. The quantitative estimate of drug-likeness (QED) is 0.870. The molecule has 1 aliphatic heterocycles. The smallest absolute Gasteiger partial charge is 0.237 e. The first-order valence-electron chi connectivity index (χ1n) is 8.16. The Morgan fingerprint density at radius 2 is 2.12 bits per heavy atom. The van der Waals surface area contributed by atoms with Gasteiger partial charge in [0.15, 0.2) is 0 Å². The molecule has 2 aromatic rings. The molecule has 0 bridgehead atoms. The highest BCUT2D eigenvalue weighted by atomic mass is 32.2. The van der Waals surface area contributed by atoms with Crippen LogP contribution in [0.1, 0.15) is 24.0 Å². The van der Waals surface area contributed by atoms with Crippen molar-refractivity contribution in [3.05, 3.63) is 47.8 Å². The average Bonchev–Trinajstić information content (AvgIpc) is 2.94. The van der Waals surface area contributed by atoms with Crippen LogP contribution in [0.2, 0.25) is 0 Å². The molecule has 0 unspecified atom stereocenters. The Labute approximate surface area is 142 Å². The molecular weight excluding hydrogens is 326 g/mol. The summed E-state index contributed by atoms with van der Waals surface area (Å²) in [5, 5.41) is 4.26. The van der Waals surface area contributed by atoms with E-state index in [1.807, 2.05) is 31.2 Å². The molecule has 1 N–H and O–H groups in total. The van der Waals surface area contributed by atoms with Crippen molar-refractivity contribution in [1.82, 2.24) is 9.78 Å². The average molecular weight is 349 g/mol. The van der Waals surface area contributed by atoms with Gasteiger partial charge in [0, 0.05) is 26.0 Å². The summed E-state index contributed by atoms with van der Waals surface area (Å²) in [7, 11) is -3.45. The Kier molecular flexibility index (Phi) is 5.20. The molecule has 0 saturated carbocycles. The second-order valence-corrected chi connectivity index (χ2v) is 8.08. The number of hydrogen-bond donors (Lipinski definition) is 1. The molecule has 1 aromatic heterocycles. The zero-order valence-corrected chi connectivity index (χ0v) is 14.6. The Balaban J connectivity index is 1.60. The van der Waals surface area contributed by atoms with Crippen LogP contribution >= 0.6 is 0 Å². The number of aromatic nitrogens is 2. The van der Waals surface area contributed by atoms with E-state index in [9.17, 15) is 8.42 Å². The van der Waals surface area contributed by atoms with E-state index in [4.69, 9.17) is 4.74 Å². The lowest BCUT2D eigenvalue weighted by molar-refractivity contribution is 0.0601. The summed E-state index contributed by atoms with van der Waals surface area (Å²) in [4.78, 5) is 0. The fourth-order valence-electron chi connectivity index (χ4n) is 2.95. The summed E-state index contributed by atoms with van der Waals surface area (Å²) in [6.07, 6.45) is 5.36. The molecule has 3 rings (SSSR count). The summed E-state index contributed by atoms with van der Waals surface area (Å²) in [6, 6.07) is 7.52. The van der Waals surface area contributed by atoms with Crippen molar-refractivity contribution in [1.29, 1.82) is 0 Å². The third-order valence-electron chi connectivity index (χ3n) is 4.13. The van der Waals surface area contributed by atoms with Crippen LogP contribution in [-0.4, -0.2) is 31.4 Å². The number of nitrogens with one attached hydrogen (secondary N) is 1. The number of rotatable bonds is 6. The molecule has 0 aliphatic carbocycles. The SMILES string of the molecule is Cc1cccc(CS(=O)(=O)Nc2cnn(CC3CCOCC3)c2)c1. The molecular formula is C17H23N3O3S. The van der Waals surface area contributed by atoms with Gasteiger partial charge in [0.1, 0.15) is 0 Å². The standard InChI is InChI=1S/C17H23N3O3S/c1-14-3-2-4-16(9-14)13-24(21,22)19-17-10-18-20(12-17)11-15-5-7-23-8-6-15/h2-4,9-10,12,15,19H,5-8,11,13H2,1H3. The monoisotopic (exact) mass is 349 g/mol. The first kappa shape index (κ1) is 17.0. The predicted octanol–water partition coefficient (Wildman–Crippen LogP) is 2.56. The Morgan fingerprint density at radius 1 is 1.33 bits per heavy atom. The zero-order chi connectivity index (χ0) is 17.0. The van der Waals surface area contributed by atoms with E-state index in [1.54, 1.807) is 17.1 Å². The van der Waals surface area contributed by atoms with Gasteiger partial charge in [-0.1, -0.05) is 29.8 Å². The third kappa shape index (κ3) is 4.82. The summed E-state index contributed by atoms with van der Waals surface area (Å²) in [6.45, 7) is 4.33. The Hall–Kier alpha value is -1.86. The minimum absolute atomic E-state index is 0.0418. The van der Waals surface area contributed by atoms with E-state index >= 15 is 0 Å². The van der Waals surface area contributed by atoms with Crippen LogP contribution in [0.15, 0.2) is 36.7 Å². The Morgan fingerprint density at radius 3 is 2.88 bits per heavy atom. The number of anilines is 1. The summed E-state index contributed by atoms with van der Waals surface area (Å²) in [5.74, 6) is 0.496. The van der Waals surface area contributed by atoms with Gasteiger partial charge in [0.25, 0.3) is 0 Å². The van der Waals surface area contributed by atoms with E-state index in [0.29, 0.717) is 11.6 Å². The van der Waals surface area contributed by atoms with Gasteiger partial charge >= 0.3 is 0 Å². The number of ether oxygens (including phenoxy) is 1. The topological polar surface area (TPSA) is 73.2 Å². The Bertz CT molecular complexity index is 780. The number of sulfonamides is 1. The van der Waals surface area contributed by atoms with Gasteiger partial charge < -0.3 is 4.74 Å². The molecule has 2 heterocycles. The van der Waals surface area contributed by atoms with Crippen molar-refractivity contribution in [3.8, 4) is 0 Å². The normalized spacial score (nSPS) is 16.2. The number of aryl methyl sites for hydroxylation is 1. The molecule has 1 fully saturated rings. The maximum Gasteiger partial charge on any atom is 0.237 e. The van der Waals surface area contributed by atoms with Crippen molar-refractivity contribution < 1.29 is 13.2 Å². The molecule has 1 aliphatic rings. The van der Waals surface area contributed by atoms with Gasteiger partial charge in [-0.3, -0.25) is 9.40 Å². The molecule has 130 valence electrons. The molecule has 6 nitrogen and oxygen atoms in total. The van der Waals surface area contributed by atoms with E-state index in [-0.39, 0.29) is 5.75 Å². The summed E-state index contributed by atoms with van der Waals surface area (Å²) < 4.78 is 34.4. The minimum Gasteiger partial charge on any atom is -0.381 e. The molecule has 1 aromatic carbocycles. The van der Waals surface area contributed by atoms with Crippen LogP contribution in [-0.2, 0) is 27.1 Å². The van der Waals surface area contributed by atoms with Gasteiger partial charge in [-0.15, -0.1) is 0 Å². The van der Waals surface area contributed by atoms with Crippen molar-refractivity contribution in [3.63, 3.8) is 0 Å². The fraction of sp³-hybridized carbons (Fsp3) is 0.471. The van der Waals surface area contributed by atoms with E-state index in [2.05, 4.69) is 9.82 Å². The molecule has 0 atom stereocenters. The number of hydrogen-bond acceptors (Lipinski definition) is 4. The van der Waals surface area contributed by atoms with Crippen LogP contribution in [0.3, 0.4) is 0 Å². The summed E-state index contributed by atoms with van der Waals surface area (Å²) >= 11 is 0. The maximum atomic E-state index is 12.3. The largest absolute Gasteiger partial charge is 0.381 e. The van der Waals surface area contributed by atoms with Gasteiger partial charge in [-0.05, 0) is 31.2 Å². The highest BCUT2D eigenvalue weighted by molar-refractivity contribution is 7.91. The third-order valence-corrected chi connectivity index (χ3v) is 5.39. The number of benzene rings is 1. The lowest BCUT2D eigenvalue weighted by atomic mass is 10.0. The highest BCUT2D eigenvalue weighted by Gasteiger charge is 2.16. The van der Waals surface area contributed by atoms with Crippen LogP contribution in [0.25, 0.3) is 0 Å². The zero-order valence-electron chi connectivity index (χ0n) is 13.8. The number of nitrogens with zero attached hydrogens (tertiary/aromatic N) is 2. The fourth-order valence-corrected chi connectivity index (χ4v) is 4.10. The first-order chi connectivity index (χ1) is 11.5. The maximum absolute atomic E-state index is 12.3. The second kappa shape index (κ2) is 7.36. The van der Waals surface area contributed by atoms with E-state index in [0.717, 1.165) is 43.7 Å². The highest BCUT2D eigenvalue weighted by Crippen LogP contribution is 2.18. The molecule has 7 heteroatoms.